The molecule has 0 atom stereocenters. The quantitative estimate of drug-likeness (QED) is 0.403. The van der Waals surface area contributed by atoms with Crippen molar-refractivity contribution in [2.45, 2.75) is 0 Å². The molecular weight excluding hydrogens is 374 g/mol. The summed E-state index contributed by atoms with van der Waals surface area (Å²) in [4.78, 5) is 28.2. The fourth-order valence-electron chi connectivity index (χ4n) is 2.27. The van der Waals surface area contributed by atoms with E-state index in [1.165, 1.54) is 6.20 Å². The number of amides is 2. The molecule has 1 aromatic heterocycles. The summed E-state index contributed by atoms with van der Waals surface area (Å²) in [5.74, 6) is -0.633. The molecule has 0 bridgehead atoms. The van der Waals surface area contributed by atoms with Crippen LogP contribution in [-0.2, 0) is 0 Å². The van der Waals surface area contributed by atoms with E-state index in [0.29, 0.717) is 16.8 Å². The molecule has 0 saturated carbocycles. The number of hydrogen-bond donors (Lipinski definition) is 4. The minimum atomic E-state index is -0.359. The highest BCUT2D eigenvalue weighted by Gasteiger charge is 2.08. The molecule has 0 radical (unpaired) electrons. The normalized spacial score (nSPS) is 9.86. The lowest BCUT2D eigenvalue weighted by atomic mass is 10.2. The first-order valence-corrected chi connectivity index (χ1v) is 8.76. The van der Waals surface area contributed by atoms with E-state index in [4.69, 9.17) is 12.2 Å². The Bertz CT molecular complexity index is 963. The van der Waals surface area contributed by atoms with Crippen LogP contribution in [0.3, 0.4) is 0 Å². The number of carbonyl (C=O) groups is 2. The highest BCUT2D eigenvalue weighted by atomic mass is 32.1. The van der Waals surface area contributed by atoms with Gasteiger partial charge in [0.05, 0.1) is 5.56 Å². The zero-order chi connectivity index (χ0) is 19.8. The fourth-order valence-corrected chi connectivity index (χ4v) is 2.44. The topological polar surface area (TPSA) is 95.1 Å². The summed E-state index contributed by atoms with van der Waals surface area (Å²) in [5.41, 5.74) is 7.40. The number of hydrogen-bond acceptors (Lipinski definition) is 4. The highest BCUT2D eigenvalue weighted by molar-refractivity contribution is 7.80. The van der Waals surface area contributed by atoms with Crippen LogP contribution in [0.15, 0.2) is 79.1 Å². The molecule has 4 N–H and O–H groups in total. The van der Waals surface area contributed by atoms with Gasteiger partial charge in [0.25, 0.3) is 11.8 Å². The van der Waals surface area contributed by atoms with Gasteiger partial charge < -0.3 is 10.6 Å². The average molecular weight is 391 g/mol. The van der Waals surface area contributed by atoms with Crippen LogP contribution >= 0.6 is 12.2 Å². The maximum Gasteiger partial charge on any atom is 0.269 e. The number of hydrazine groups is 1. The second-order valence-corrected chi connectivity index (χ2v) is 6.08. The van der Waals surface area contributed by atoms with E-state index in [9.17, 15) is 9.59 Å². The largest absolute Gasteiger partial charge is 0.331 e. The van der Waals surface area contributed by atoms with E-state index in [1.54, 1.807) is 42.6 Å². The molecule has 0 fully saturated rings. The third kappa shape index (κ3) is 5.36. The molecule has 1 heterocycles. The van der Waals surface area contributed by atoms with Crippen molar-refractivity contribution in [1.29, 1.82) is 0 Å². The van der Waals surface area contributed by atoms with Crippen molar-refractivity contribution < 1.29 is 9.59 Å². The first kappa shape index (κ1) is 19.0. The first-order valence-electron chi connectivity index (χ1n) is 8.35. The third-order valence-electron chi connectivity index (χ3n) is 3.65. The Morgan fingerprint density at radius 3 is 2.11 bits per heavy atom. The van der Waals surface area contributed by atoms with Gasteiger partial charge in [-0.3, -0.25) is 25.4 Å². The Morgan fingerprint density at radius 2 is 1.43 bits per heavy atom. The highest BCUT2D eigenvalue weighted by Crippen LogP contribution is 2.11. The van der Waals surface area contributed by atoms with E-state index in [2.05, 4.69) is 26.5 Å². The molecule has 2 aromatic carbocycles. The van der Waals surface area contributed by atoms with Gasteiger partial charge in [0.15, 0.2) is 5.11 Å². The van der Waals surface area contributed by atoms with Crippen LogP contribution in [0.1, 0.15) is 20.7 Å². The fraction of sp³-hybridized carbons (Fsp3) is 0. The monoisotopic (exact) mass is 391 g/mol. The molecule has 7 nitrogen and oxygen atoms in total. The maximum absolute atomic E-state index is 12.2. The number of rotatable bonds is 4. The standard InChI is InChI=1S/C20H17N5O2S/c26-18(15-5-4-12-21-13-15)22-17-10-8-14(9-11-17)19(27)24-25-20(28)23-16-6-2-1-3-7-16/h1-13H,(H,22,26)(H,24,27)(H2,23,25,28). The van der Waals surface area contributed by atoms with Gasteiger partial charge in [-0.2, -0.15) is 0 Å². The van der Waals surface area contributed by atoms with Gasteiger partial charge in [0, 0.05) is 29.3 Å². The molecule has 140 valence electrons. The number of thiocarbonyl (C=S) groups is 1. The van der Waals surface area contributed by atoms with Gasteiger partial charge in [-0.05, 0) is 60.7 Å². The summed E-state index contributed by atoms with van der Waals surface area (Å²) in [6, 6.07) is 19.2. The minimum absolute atomic E-state index is 0.264. The Labute approximate surface area is 167 Å². The SMILES string of the molecule is O=C(NNC(=S)Nc1ccccc1)c1ccc(NC(=O)c2cccnc2)cc1. The number of benzene rings is 2. The van der Waals surface area contributed by atoms with Crippen molar-refractivity contribution >= 4 is 40.5 Å². The van der Waals surface area contributed by atoms with Gasteiger partial charge in [-0.15, -0.1) is 0 Å². The third-order valence-corrected chi connectivity index (χ3v) is 3.85. The van der Waals surface area contributed by atoms with E-state index in [-0.39, 0.29) is 16.9 Å². The molecule has 3 aromatic rings. The van der Waals surface area contributed by atoms with Crippen LogP contribution < -0.4 is 21.5 Å². The second kappa shape index (κ2) is 9.24. The Kier molecular flexibility index (Phi) is 6.27. The second-order valence-electron chi connectivity index (χ2n) is 5.67. The predicted molar refractivity (Wildman–Crippen MR) is 112 cm³/mol. The molecule has 0 aliphatic rings. The van der Waals surface area contributed by atoms with Gasteiger partial charge in [0.2, 0.25) is 0 Å². The van der Waals surface area contributed by atoms with E-state index >= 15 is 0 Å². The van der Waals surface area contributed by atoms with E-state index in [1.807, 2.05) is 30.3 Å². The van der Waals surface area contributed by atoms with Crippen LogP contribution in [0.5, 0.6) is 0 Å². The molecule has 0 saturated heterocycles. The van der Waals surface area contributed by atoms with Crippen molar-refractivity contribution in [1.82, 2.24) is 15.8 Å². The lowest BCUT2D eigenvalue weighted by molar-refractivity contribution is 0.0943. The summed E-state index contributed by atoms with van der Waals surface area (Å²) in [6.07, 6.45) is 3.08. The molecule has 0 aliphatic carbocycles. The molecule has 2 amide bonds. The first-order chi connectivity index (χ1) is 13.6. The van der Waals surface area contributed by atoms with Crippen LogP contribution in [0.25, 0.3) is 0 Å². The molecule has 0 unspecified atom stereocenters. The summed E-state index contributed by atoms with van der Waals surface area (Å²) < 4.78 is 0. The van der Waals surface area contributed by atoms with Gasteiger partial charge >= 0.3 is 0 Å². The van der Waals surface area contributed by atoms with Gasteiger partial charge in [0.1, 0.15) is 0 Å². The van der Waals surface area contributed by atoms with Crippen molar-refractivity contribution in [2.24, 2.45) is 0 Å². The number of para-hydroxylation sites is 1. The molecule has 3 rings (SSSR count). The van der Waals surface area contributed by atoms with E-state index < -0.39 is 0 Å². The van der Waals surface area contributed by atoms with Crippen LogP contribution in [0, 0.1) is 0 Å². The summed E-state index contributed by atoms with van der Waals surface area (Å²) in [5, 5.41) is 5.96. The van der Waals surface area contributed by atoms with Gasteiger partial charge in [-0.1, -0.05) is 18.2 Å². The molecule has 0 aliphatic heterocycles. The zero-order valence-electron chi connectivity index (χ0n) is 14.7. The molecule has 28 heavy (non-hydrogen) atoms. The Morgan fingerprint density at radius 1 is 0.714 bits per heavy atom. The van der Waals surface area contributed by atoms with Crippen LogP contribution in [-0.4, -0.2) is 21.9 Å². The summed E-state index contributed by atoms with van der Waals surface area (Å²) in [6.45, 7) is 0. The maximum atomic E-state index is 12.2. The Balaban J connectivity index is 1.51. The lowest BCUT2D eigenvalue weighted by Gasteiger charge is -2.12. The van der Waals surface area contributed by atoms with Crippen molar-refractivity contribution in [3.63, 3.8) is 0 Å². The van der Waals surface area contributed by atoms with Crippen molar-refractivity contribution in [3.8, 4) is 0 Å². The zero-order valence-corrected chi connectivity index (χ0v) is 15.5. The predicted octanol–water partition coefficient (Wildman–Crippen LogP) is 2.97. The number of carbonyl (C=O) groups excluding carboxylic acids is 2. The molecular formula is C20H17N5O2S. The number of aromatic nitrogens is 1. The molecule has 0 spiro atoms. The smallest absolute Gasteiger partial charge is 0.269 e. The Hall–Kier alpha value is -3.78. The van der Waals surface area contributed by atoms with Crippen LogP contribution in [0.2, 0.25) is 0 Å². The van der Waals surface area contributed by atoms with Crippen LogP contribution in [0.4, 0.5) is 11.4 Å². The number of anilines is 2. The minimum Gasteiger partial charge on any atom is -0.331 e. The van der Waals surface area contributed by atoms with E-state index in [0.717, 1.165) is 5.69 Å². The van der Waals surface area contributed by atoms with Crippen molar-refractivity contribution in [2.75, 3.05) is 10.6 Å². The summed E-state index contributed by atoms with van der Waals surface area (Å²) >= 11 is 5.13. The van der Waals surface area contributed by atoms with Crippen molar-refractivity contribution in [3.05, 3.63) is 90.3 Å². The van der Waals surface area contributed by atoms with Gasteiger partial charge in [-0.25, -0.2) is 0 Å². The molecule has 8 heteroatoms. The number of nitrogens with zero attached hydrogens (tertiary/aromatic N) is 1. The number of pyridine rings is 1. The lowest BCUT2D eigenvalue weighted by Crippen LogP contribution is -2.43. The summed E-state index contributed by atoms with van der Waals surface area (Å²) in [7, 11) is 0. The average Bonchev–Trinajstić information content (AvgIpc) is 2.74. The number of nitrogens with one attached hydrogen (secondary N) is 4.